The van der Waals surface area contributed by atoms with E-state index in [1.165, 1.54) is 49.2 Å². The molecule has 1 heterocycles. The van der Waals surface area contributed by atoms with Crippen molar-refractivity contribution in [3.63, 3.8) is 0 Å². The SMILES string of the molecule is CC1(NCc2nc3c(s2)CCC3)CCC1. The van der Waals surface area contributed by atoms with Crippen LogP contribution in [0.2, 0.25) is 0 Å². The van der Waals surface area contributed by atoms with Gasteiger partial charge in [0.25, 0.3) is 0 Å². The number of hydrogen-bond acceptors (Lipinski definition) is 3. The van der Waals surface area contributed by atoms with Crippen LogP contribution in [0.25, 0.3) is 0 Å². The van der Waals surface area contributed by atoms with Crippen molar-refractivity contribution in [3.8, 4) is 0 Å². The molecule has 0 spiro atoms. The lowest BCUT2D eigenvalue weighted by Crippen LogP contribution is -2.47. The van der Waals surface area contributed by atoms with E-state index in [9.17, 15) is 0 Å². The second-order valence-corrected chi connectivity index (χ2v) is 6.27. The smallest absolute Gasteiger partial charge is 0.107 e. The number of aryl methyl sites for hydroxylation is 2. The molecular weight excluding hydrogens is 204 g/mol. The first-order valence-electron chi connectivity index (χ1n) is 5.98. The number of rotatable bonds is 3. The molecule has 0 radical (unpaired) electrons. The first-order valence-corrected chi connectivity index (χ1v) is 6.79. The molecular formula is C12H18N2S. The molecule has 1 N–H and O–H groups in total. The van der Waals surface area contributed by atoms with Gasteiger partial charge in [0.15, 0.2) is 0 Å². The summed E-state index contributed by atoms with van der Waals surface area (Å²) >= 11 is 1.92. The first kappa shape index (κ1) is 9.79. The van der Waals surface area contributed by atoms with Crippen molar-refractivity contribution in [2.45, 2.75) is 57.5 Å². The van der Waals surface area contributed by atoms with Crippen molar-refractivity contribution in [2.75, 3.05) is 0 Å². The van der Waals surface area contributed by atoms with Crippen LogP contribution in [0.3, 0.4) is 0 Å². The van der Waals surface area contributed by atoms with E-state index < -0.39 is 0 Å². The Morgan fingerprint density at radius 1 is 1.33 bits per heavy atom. The molecule has 0 unspecified atom stereocenters. The molecule has 3 rings (SSSR count). The van der Waals surface area contributed by atoms with Gasteiger partial charge in [0.2, 0.25) is 0 Å². The van der Waals surface area contributed by atoms with Gasteiger partial charge in [-0.25, -0.2) is 4.98 Å². The Kier molecular flexibility index (Phi) is 2.33. The second kappa shape index (κ2) is 3.56. The molecule has 1 fully saturated rings. The summed E-state index contributed by atoms with van der Waals surface area (Å²) in [6.07, 6.45) is 7.85. The highest BCUT2D eigenvalue weighted by Crippen LogP contribution is 2.32. The summed E-state index contributed by atoms with van der Waals surface area (Å²) in [5.74, 6) is 0. The first-order chi connectivity index (χ1) is 7.25. The third-order valence-electron chi connectivity index (χ3n) is 3.76. The van der Waals surface area contributed by atoms with Crippen molar-refractivity contribution in [3.05, 3.63) is 15.6 Å². The summed E-state index contributed by atoms with van der Waals surface area (Å²) in [6, 6.07) is 0. The molecule has 0 saturated heterocycles. The molecule has 1 aromatic heterocycles. The highest BCUT2D eigenvalue weighted by atomic mass is 32.1. The Hall–Kier alpha value is -0.410. The van der Waals surface area contributed by atoms with E-state index in [0.717, 1.165) is 6.54 Å². The van der Waals surface area contributed by atoms with Crippen LogP contribution in [0.15, 0.2) is 0 Å². The maximum atomic E-state index is 4.71. The van der Waals surface area contributed by atoms with Gasteiger partial charge in [-0.15, -0.1) is 11.3 Å². The largest absolute Gasteiger partial charge is 0.305 e. The number of aromatic nitrogens is 1. The van der Waals surface area contributed by atoms with Crippen LogP contribution in [0.4, 0.5) is 0 Å². The summed E-state index contributed by atoms with van der Waals surface area (Å²) < 4.78 is 0. The zero-order chi connectivity index (χ0) is 10.3. The van der Waals surface area contributed by atoms with E-state index in [1.54, 1.807) is 4.88 Å². The lowest BCUT2D eigenvalue weighted by Gasteiger charge is -2.39. The molecule has 0 aliphatic heterocycles. The molecule has 82 valence electrons. The molecule has 0 atom stereocenters. The normalized spacial score (nSPS) is 22.5. The minimum absolute atomic E-state index is 0.413. The lowest BCUT2D eigenvalue weighted by molar-refractivity contribution is 0.206. The van der Waals surface area contributed by atoms with Gasteiger partial charge < -0.3 is 5.32 Å². The number of nitrogens with one attached hydrogen (secondary N) is 1. The van der Waals surface area contributed by atoms with Crippen LogP contribution in [0, 0.1) is 0 Å². The van der Waals surface area contributed by atoms with E-state index in [-0.39, 0.29) is 0 Å². The topological polar surface area (TPSA) is 24.9 Å². The van der Waals surface area contributed by atoms with E-state index in [1.807, 2.05) is 11.3 Å². The molecule has 2 aliphatic rings. The molecule has 2 aliphatic carbocycles. The van der Waals surface area contributed by atoms with Gasteiger partial charge in [-0.2, -0.15) is 0 Å². The summed E-state index contributed by atoms with van der Waals surface area (Å²) in [4.78, 5) is 6.26. The monoisotopic (exact) mass is 222 g/mol. The van der Waals surface area contributed by atoms with Crippen molar-refractivity contribution < 1.29 is 0 Å². The Morgan fingerprint density at radius 3 is 2.87 bits per heavy atom. The van der Waals surface area contributed by atoms with Crippen molar-refractivity contribution >= 4 is 11.3 Å². The quantitative estimate of drug-likeness (QED) is 0.850. The second-order valence-electron chi connectivity index (χ2n) is 5.10. The van der Waals surface area contributed by atoms with Crippen LogP contribution in [-0.2, 0) is 19.4 Å². The van der Waals surface area contributed by atoms with Gasteiger partial charge >= 0.3 is 0 Å². The van der Waals surface area contributed by atoms with Gasteiger partial charge in [0, 0.05) is 17.0 Å². The van der Waals surface area contributed by atoms with E-state index in [4.69, 9.17) is 4.98 Å². The predicted molar refractivity (Wildman–Crippen MR) is 63.2 cm³/mol. The zero-order valence-electron chi connectivity index (χ0n) is 9.31. The predicted octanol–water partition coefficient (Wildman–Crippen LogP) is 2.66. The van der Waals surface area contributed by atoms with Gasteiger partial charge in [0.1, 0.15) is 5.01 Å². The highest BCUT2D eigenvalue weighted by Gasteiger charge is 2.31. The fraction of sp³-hybridized carbons (Fsp3) is 0.750. The Balaban J connectivity index is 1.62. The number of hydrogen-bond donors (Lipinski definition) is 1. The summed E-state index contributed by atoms with van der Waals surface area (Å²) in [5.41, 5.74) is 1.80. The van der Waals surface area contributed by atoms with Crippen molar-refractivity contribution in [2.24, 2.45) is 0 Å². The van der Waals surface area contributed by atoms with Gasteiger partial charge in [0.05, 0.1) is 5.69 Å². The fourth-order valence-corrected chi connectivity index (χ4v) is 3.59. The third kappa shape index (κ3) is 1.83. The average molecular weight is 222 g/mol. The maximum absolute atomic E-state index is 4.71. The van der Waals surface area contributed by atoms with E-state index in [2.05, 4.69) is 12.2 Å². The summed E-state index contributed by atoms with van der Waals surface area (Å²) in [7, 11) is 0. The van der Waals surface area contributed by atoms with Crippen molar-refractivity contribution in [1.82, 2.24) is 10.3 Å². The molecule has 1 aromatic rings. The highest BCUT2D eigenvalue weighted by molar-refractivity contribution is 7.11. The number of fused-ring (bicyclic) bond motifs is 1. The average Bonchev–Trinajstić information content (AvgIpc) is 2.70. The lowest BCUT2D eigenvalue weighted by atomic mass is 9.78. The number of thiazole rings is 1. The molecule has 1 saturated carbocycles. The molecule has 3 heteroatoms. The van der Waals surface area contributed by atoms with Gasteiger partial charge in [-0.1, -0.05) is 0 Å². The molecule has 0 aromatic carbocycles. The van der Waals surface area contributed by atoms with Crippen LogP contribution in [0.1, 0.15) is 48.2 Å². The van der Waals surface area contributed by atoms with Crippen LogP contribution < -0.4 is 5.32 Å². The van der Waals surface area contributed by atoms with Crippen LogP contribution in [-0.4, -0.2) is 10.5 Å². The van der Waals surface area contributed by atoms with Gasteiger partial charge in [-0.05, 0) is 45.4 Å². The Morgan fingerprint density at radius 2 is 2.20 bits per heavy atom. The van der Waals surface area contributed by atoms with E-state index >= 15 is 0 Å². The van der Waals surface area contributed by atoms with Gasteiger partial charge in [-0.3, -0.25) is 0 Å². The zero-order valence-corrected chi connectivity index (χ0v) is 10.1. The minimum atomic E-state index is 0.413. The number of nitrogens with zero attached hydrogens (tertiary/aromatic N) is 1. The van der Waals surface area contributed by atoms with Crippen molar-refractivity contribution in [1.29, 1.82) is 0 Å². The standard InChI is InChI=1S/C12H18N2S/c1-12(6-3-7-12)13-8-11-14-9-4-2-5-10(9)15-11/h13H,2-8H2,1H3. The molecule has 2 nitrogen and oxygen atoms in total. The van der Waals surface area contributed by atoms with E-state index in [0.29, 0.717) is 5.54 Å². The van der Waals surface area contributed by atoms with Crippen LogP contribution in [0.5, 0.6) is 0 Å². The maximum Gasteiger partial charge on any atom is 0.107 e. The van der Waals surface area contributed by atoms with Crippen LogP contribution >= 0.6 is 11.3 Å². The molecule has 0 amide bonds. The molecule has 0 bridgehead atoms. The minimum Gasteiger partial charge on any atom is -0.305 e. The molecule has 15 heavy (non-hydrogen) atoms. The summed E-state index contributed by atoms with van der Waals surface area (Å²) in [5, 5.41) is 4.95. The summed E-state index contributed by atoms with van der Waals surface area (Å²) in [6.45, 7) is 3.31. The fourth-order valence-electron chi connectivity index (χ4n) is 2.49. The Bertz CT molecular complexity index is 344. The third-order valence-corrected chi connectivity index (χ3v) is 4.92. The Labute approximate surface area is 95.1 Å².